The highest BCUT2D eigenvalue weighted by atomic mass is 35.5. The molecule has 2 aliphatic heterocycles. The van der Waals surface area contributed by atoms with Crippen molar-refractivity contribution in [1.29, 1.82) is 0 Å². The molecule has 2 aromatic carbocycles. The molecular formula is C34H45Cl2N5O2. The summed E-state index contributed by atoms with van der Waals surface area (Å²) in [5.74, 6) is -0.0216. The molecule has 5 rings (SSSR count). The van der Waals surface area contributed by atoms with Crippen molar-refractivity contribution in [2.75, 3.05) is 26.2 Å². The van der Waals surface area contributed by atoms with Crippen LogP contribution in [-0.2, 0) is 9.59 Å². The average Bonchev–Trinajstić information content (AvgIpc) is 3.63. The van der Waals surface area contributed by atoms with Crippen LogP contribution < -0.4 is 10.6 Å². The number of carbonyl (C=O) groups excluding carboxylic acids is 2. The normalized spacial score (nSPS) is 23.6. The first-order chi connectivity index (χ1) is 20.4. The Morgan fingerprint density at radius 3 is 2.09 bits per heavy atom. The highest BCUT2D eigenvalue weighted by Crippen LogP contribution is 2.45. The van der Waals surface area contributed by atoms with Crippen molar-refractivity contribution in [2.24, 2.45) is 5.92 Å². The lowest BCUT2D eigenvalue weighted by Gasteiger charge is -2.38. The Morgan fingerprint density at radius 2 is 1.56 bits per heavy atom. The monoisotopic (exact) mass is 625 g/mol. The van der Waals surface area contributed by atoms with Crippen molar-refractivity contribution in [3.63, 3.8) is 0 Å². The van der Waals surface area contributed by atoms with Crippen LogP contribution in [0.2, 0.25) is 10.0 Å². The lowest BCUT2D eigenvalue weighted by molar-refractivity contribution is -0.140. The number of hydrogen-bond acceptors (Lipinski definition) is 5. The molecule has 2 heterocycles. The zero-order valence-electron chi connectivity index (χ0n) is 26.2. The first-order valence-electron chi connectivity index (χ1n) is 15.5. The minimum atomic E-state index is -0.124. The molecule has 9 heteroatoms. The molecule has 232 valence electrons. The van der Waals surface area contributed by atoms with Crippen molar-refractivity contribution >= 4 is 35.0 Å². The van der Waals surface area contributed by atoms with E-state index in [0.717, 1.165) is 42.8 Å². The second kappa shape index (κ2) is 12.8. The molecule has 3 aliphatic rings. The van der Waals surface area contributed by atoms with Crippen LogP contribution in [-0.4, -0.2) is 70.4 Å². The molecule has 3 atom stereocenters. The molecule has 43 heavy (non-hydrogen) atoms. The Balaban J connectivity index is 1.49. The summed E-state index contributed by atoms with van der Waals surface area (Å²) in [4.78, 5) is 33.9. The minimum Gasteiger partial charge on any atom is -0.350 e. The van der Waals surface area contributed by atoms with Crippen molar-refractivity contribution in [3.8, 4) is 0 Å². The summed E-state index contributed by atoms with van der Waals surface area (Å²) in [7, 11) is 0. The van der Waals surface area contributed by atoms with Crippen LogP contribution in [0.5, 0.6) is 0 Å². The van der Waals surface area contributed by atoms with E-state index >= 15 is 0 Å². The fourth-order valence-electron chi connectivity index (χ4n) is 6.79. The number of amides is 2. The third kappa shape index (κ3) is 6.75. The van der Waals surface area contributed by atoms with E-state index in [1.54, 1.807) is 4.90 Å². The first kappa shape index (κ1) is 31.8. The van der Waals surface area contributed by atoms with Crippen LogP contribution in [0.3, 0.4) is 0 Å². The van der Waals surface area contributed by atoms with E-state index in [9.17, 15) is 9.59 Å². The number of piperazine rings is 1. The van der Waals surface area contributed by atoms with Crippen LogP contribution >= 0.6 is 23.2 Å². The zero-order chi connectivity index (χ0) is 31.1. The van der Waals surface area contributed by atoms with Crippen LogP contribution in [0.1, 0.15) is 77.6 Å². The summed E-state index contributed by atoms with van der Waals surface area (Å²) < 4.78 is 0. The Bertz CT molecular complexity index is 1350. The number of benzene rings is 2. The molecule has 1 unspecified atom stereocenters. The smallest absolute Gasteiger partial charge is 0.251 e. The molecule has 0 aromatic heterocycles. The average molecular weight is 627 g/mol. The second-order valence-electron chi connectivity index (χ2n) is 13.0. The molecule has 2 aromatic rings. The van der Waals surface area contributed by atoms with Gasteiger partial charge in [0.15, 0.2) is 0 Å². The maximum Gasteiger partial charge on any atom is 0.251 e. The van der Waals surface area contributed by atoms with Gasteiger partial charge in [0.05, 0.1) is 18.2 Å². The first-order valence-corrected chi connectivity index (χ1v) is 16.3. The number of nitrogens with one attached hydrogen (secondary N) is 2. The number of hydrogen-bond donors (Lipinski definition) is 2. The van der Waals surface area contributed by atoms with Crippen molar-refractivity contribution < 1.29 is 9.59 Å². The van der Waals surface area contributed by atoms with Gasteiger partial charge in [-0.15, -0.1) is 0 Å². The van der Waals surface area contributed by atoms with Gasteiger partial charge in [-0.3, -0.25) is 14.9 Å². The number of allylic oxidation sites excluding steroid dienone is 1. The third-order valence-corrected chi connectivity index (χ3v) is 9.70. The van der Waals surface area contributed by atoms with E-state index in [1.165, 1.54) is 0 Å². The number of nitrogens with zero attached hydrogens (tertiary/aromatic N) is 3. The minimum absolute atomic E-state index is 0.0202. The van der Waals surface area contributed by atoms with Gasteiger partial charge in [-0.1, -0.05) is 61.3 Å². The van der Waals surface area contributed by atoms with Crippen molar-refractivity contribution in [3.05, 3.63) is 81.0 Å². The Labute approximate surface area is 266 Å². The molecule has 1 spiro atoms. The van der Waals surface area contributed by atoms with Crippen molar-refractivity contribution in [1.82, 2.24) is 25.3 Å². The zero-order valence-corrected chi connectivity index (χ0v) is 27.7. The molecule has 2 saturated heterocycles. The van der Waals surface area contributed by atoms with Gasteiger partial charge in [0.1, 0.15) is 6.54 Å². The van der Waals surface area contributed by atoms with Gasteiger partial charge < -0.3 is 20.0 Å². The topological polar surface area (TPSA) is 67.9 Å². The molecule has 1 saturated carbocycles. The van der Waals surface area contributed by atoms with Gasteiger partial charge in [0.2, 0.25) is 5.91 Å². The Kier molecular flexibility index (Phi) is 9.48. The molecule has 7 nitrogen and oxygen atoms in total. The van der Waals surface area contributed by atoms with Gasteiger partial charge in [-0.25, -0.2) is 0 Å². The fraction of sp³-hybridized carbons (Fsp3) is 0.529. The Morgan fingerprint density at radius 1 is 0.977 bits per heavy atom. The summed E-state index contributed by atoms with van der Waals surface area (Å²) in [5, 5.41) is 8.73. The largest absolute Gasteiger partial charge is 0.350 e. The highest BCUT2D eigenvalue weighted by molar-refractivity contribution is 6.30. The van der Waals surface area contributed by atoms with Crippen LogP contribution in [0.15, 0.2) is 59.8 Å². The summed E-state index contributed by atoms with van der Waals surface area (Å²) >= 11 is 12.5. The molecule has 0 bridgehead atoms. The van der Waals surface area contributed by atoms with E-state index < -0.39 is 0 Å². The fourth-order valence-corrected chi connectivity index (χ4v) is 7.04. The van der Waals surface area contributed by atoms with E-state index in [0.29, 0.717) is 22.2 Å². The van der Waals surface area contributed by atoms with E-state index in [4.69, 9.17) is 23.2 Å². The third-order valence-electron chi connectivity index (χ3n) is 9.20. The quantitative estimate of drug-likeness (QED) is 0.344. The maximum atomic E-state index is 14.3. The maximum absolute atomic E-state index is 14.3. The summed E-state index contributed by atoms with van der Waals surface area (Å²) in [6.45, 7) is 14.6. The molecule has 0 radical (unpaired) electrons. The predicted molar refractivity (Wildman–Crippen MR) is 174 cm³/mol. The van der Waals surface area contributed by atoms with Gasteiger partial charge in [0, 0.05) is 52.5 Å². The molecule has 1 aliphatic carbocycles. The SMILES string of the molecule is C/C(C(=O)N(CC(=O)N1CCNC2(CC2)C1)C(C)C)=C(/C(C)C)N1C(C)N[C@@H](c2ccc(Cl)cc2)[C@H]1c1ccc(Cl)cc1. The van der Waals surface area contributed by atoms with E-state index in [2.05, 4.69) is 60.6 Å². The summed E-state index contributed by atoms with van der Waals surface area (Å²) in [6, 6.07) is 15.7. The van der Waals surface area contributed by atoms with E-state index in [-0.39, 0.29) is 54.1 Å². The van der Waals surface area contributed by atoms with Gasteiger partial charge >= 0.3 is 0 Å². The lowest BCUT2D eigenvalue weighted by atomic mass is 9.91. The van der Waals surface area contributed by atoms with E-state index in [1.807, 2.05) is 49.9 Å². The standard InChI is InChI=1S/C34H45Cl2N5O2/c1-21(2)31(23(5)33(43)40(22(3)4)19-29(42)39-18-17-37-34(20-39)15-16-34)41-24(6)38-30(25-7-11-27(35)12-8-25)32(41)26-9-13-28(36)14-10-26/h7-14,21-22,24,30,32,37-38H,15-20H2,1-6H3/b31-23+/t24?,30-,32+/m0/s1. The van der Waals surface area contributed by atoms with Crippen LogP contribution in [0.4, 0.5) is 0 Å². The molecule has 2 amide bonds. The summed E-state index contributed by atoms with van der Waals surface area (Å²) in [6.07, 6.45) is 2.15. The van der Waals surface area contributed by atoms with Gasteiger partial charge in [0.25, 0.3) is 5.91 Å². The summed E-state index contributed by atoms with van der Waals surface area (Å²) in [5.41, 5.74) is 3.95. The lowest BCUT2D eigenvalue weighted by Crippen LogP contribution is -2.56. The van der Waals surface area contributed by atoms with Crippen molar-refractivity contribution in [2.45, 2.75) is 84.2 Å². The van der Waals surface area contributed by atoms with Crippen LogP contribution in [0, 0.1) is 5.92 Å². The highest BCUT2D eigenvalue weighted by Gasteiger charge is 2.47. The molecule has 2 N–H and O–H groups in total. The second-order valence-corrected chi connectivity index (χ2v) is 13.9. The number of carbonyl (C=O) groups is 2. The number of rotatable bonds is 8. The molecule has 3 fully saturated rings. The Hall–Kier alpha value is -2.58. The molecular weight excluding hydrogens is 581 g/mol. The van der Waals surface area contributed by atoms with Gasteiger partial charge in [-0.2, -0.15) is 0 Å². The van der Waals surface area contributed by atoms with Crippen LogP contribution in [0.25, 0.3) is 0 Å². The number of halogens is 2. The predicted octanol–water partition coefficient (Wildman–Crippen LogP) is 6.16. The van der Waals surface area contributed by atoms with Gasteiger partial charge in [-0.05, 0) is 81.8 Å².